The molecule has 0 heterocycles. The molecule has 21 heavy (non-hydrogen) atoms. The van der Waals surface area contributed by atoms with E-state index in [-0.39, 0.29) is 51.4 Å². The van der Waals surface area contributed by atoms with Gasteiger partial charge in [-0.2, -0.15) is 0 Å². The number of rotatable bonds is 2. The van der Waals surface area contributed by atoms with Gasteiger partial charge in [0.05, 0.1) is 0 Å². The molecule has 16 heteroatoms. The van der Waals surface area contributed by atoms with E-state index >= 15 is 0 Å². The Morgan fingerprint density at radius 1 is 0.476 bits per heavy atom. The number of hydrogen-bond donors (Lipinski definition) is 0. The fourth-order valence-corrected chi connectivity index (χ4v) is 0.354. The predicted molar refractivity (Wildman–Crippen MR) is 55.8 cm³/mol. The Morgan fingerprint density at radius 2 is 0.571 bits per heavy atom. The molecule has 0 rings (SSSR count). The number of halogens is 12. The summed E-state index contributed by atoms with van der Waals surface area (Å²) in [6, 6.07) is 0. The van der Waals surface area contributed by atoms with Crippen molar-refractivity contribution in [3.8, 4) is 0 Å². The van der Waals surface area contributed by atoms with Crippen molar-refractivity contribution in [3.63, 3.8) is 0 Å². The van der Waals surface area contributed by atoms with Crippen molar-refractivity contribution in [3.05, 3.63) is 0 Å². The first kappa shape index (κ1) is 33.6. The molecule has 0 aromatic heterocycles. The third kappa shape index (κ3) is 846. The van der Waals surface area contributed by atoms with Crippen LogP contribution in [0.2, 0.25) is 0 Å². The Bertz CT molecular complexity index is 140. The average molecular weight is 372 g/mol. The molecule has 0 aromatic carbocycles. The Labute approximate surface area is 157 Å². The molecule has 0 fully saturated rings. The molecule has 0 aliphatic heterocycles. The van der Waals surface area contributed by atoms with E-state index in [0.717, 1.165) is 0 Å². The van der Waals surface area contributed by atoms with Gasteiger partial charge in [0.1, 0.15) is 0 Å². The van der Waals surface area contributed by atoms with E-state index in [2.05, 4.69) is 13.8 Å². The smallest absolute Gasteiger partial charge is 0.418 e. The van der Waals surface area contributed by atoms with Crippen LogP contribution in [0, 0.1) is 0 Å². The topological polar surface area (TPSA) is 0 Å². The first-order chi connectivity index (χ1) is 8.41. The van der Waals surface area contributed by atoms with E-state index in [9.17, 15) is 51.8 Å². The molecule has 0 bridgehead atoms. The van der Waals surface area contributed by atoms with Crippen LogP contribution in [0.15, 0.2) is 0 Å². The zero-order valence-electron chi connectivity index (χ0n) is 11.4. The fraction of sp³-hybridized carbons (Fsp3) is 1.00. The largest absolute Gasteiger partial charge is 1.00 e. The molecule has 0 atom stereocenters. The van der Waals surface area contributed by atoms with Crippen LogP contribution in [0.3, 0.4) is 0 Å². The second kappa shape index (κ2) is 17.3. The first-order valence-corrected chi connectivity index (χ1v) is 5.03. The van der Waals surface area contributed by atoms with Crippen LogP contribution >= 0.6 is 0 Å². The van der Waals surface area contributed by atoms with Crippen molar-refractivity contribution in [2.45, 2.75) is 33.1 Å². The van der Waals surface area contributed by atoms with E-state index in [1.165, 1.54) is 19.3 Å². The first-order valence-electron chi connectivity index (χ1n) is 5.03. The van der Waals surface area contributed by atoms with Crippen LogP contribution in [0.25, 0.3) is 0 Å². The molecule has 0 unspecified atom stereocenters. The predicted octanol–water partition coefficient (Wildman–Crippen LogP) is 3.10. The van der Waals surface area contributed by atoms with Crippen molar-refractivity contribution >= 4 is 21.8 Å². The standard InChI is InChI=1S/C5H12.3BF4.K/c1-3-5-4-2;3*2-1(3,4)5;/h3-5H2,1-2H3;;;;/q;3*-1;+1. The van der Waals surface area contributed by atoms with E-state index in [1.807, 2.05) is 0 Å². The van der Waals surface area contributed by atoms with Crippen LogP contribution in [0.4, 0.5) is 51.8 Å². The van der Waals surface area contributed by atoms with E-state index in [0.29, 0.717) is 0 Å². The average Bonchev–Trinajstić information content (AvgIpc) is 1.94. The molecule has 0 radical (unpaired) electrons. The van der Waals surface area contributed by atoms with Crippen LogP contribution < -0.4 is 51.4 Å². The molecule has 0 amide bonds. The maximum absolute atomic E-state index is 9.75. The van der Waals surface area contributed by atoms with Gasteiger partial charge in [-0.3, -0.25) is 0 Å². The minimum absolute atomic E-state index is 0. The molecule has 0 aliphatic carbocycles. The Balaban J connectivity index is -0.0000000533. The zero-order chi connectivity index (χ0) is 17.6. The maximum atomic E-state index is 9.75. The second-order valence-electron chi connectivity index (χ2n) is 2.84. The van der Waals surface area contributed by atoms with Crippen molar-refractivity contribution < 1.29 is 103 Å². The van der Waals surface area contributed by atoms with Gasteiger partial charge in [0.25, 0.3) is 0 Å². The van der Waals surface area contributed by atoms with Gasteiger partial charge in [0, 0.05) is 0 Å². The van der Waals surface area contributed by atoms with Gasteiger partial charge in [-0.25, -0.2) is 0 Å². The third-order valence-corrected chi connectivity index (χ3v) is 0.707. The van der Waals surface area contributed by atoms with Crippen LogP contribution in [0.1, 0.15) is 33.1 Å². The number of unbranched alkanes of at least 4 members (excludes halogenated alkanes) is 2. The Kier molecular flexibility index (Phi) is 27.7. The van der Waals surface area contributed by atoms with E-state index in [4.69, 9.17) is 0 Å². The van der Waals surface area contributed by atoms with Crippen molar-refractivity contribution in [1.29, 1.82) is 0 Å². The molecule has 0 saturated carbocycles. The maximum Gasteiger partial charge on any atom is 1.00 e. The summed E-state index contributed by atoms with van der Waals surface area (Å²) in [5.74, 6) is 0. The van der Waals surface area contributed by atoms with Crippen LogP contribution in [-0.2, 0) is 0 Å². The van der Waals surface area contributed by atoms with Gasteiger partial charge in [-0.1, -0.05) is 33.1 Å². The third-order valence-electron chi connectivity index (χ3n) is 0.707. The fourth-order valence-electron chi connectivity index (χ4n) is 0.354. The van der Waals surface area contributed by atoms with Gasteiger partial charge in [-0.05, 0) is 0 Å². The zero-order valence-corrected chi connectivity index (χ0v) is 14.5. The molecule has 128 valence electrons. The molecule has 0 saturated heterocycles. The summed E-state index contributed by atoms with van der Waals surface area (Å²) in [5.41, 5.74) is 0. The monoisotopic (exact) mass is 372 g/mol. The summed E-state index contributed by atoms with van der Waals surface area (Å²) in [7, 11) is -18.0. The van der Waals surface area contributed by atoms with Gasteiger partial charge < -0.3 is 51.8 Å². The summed E-state index contributed by atoms with van der Waals surface area (Å²) < 4.78 is 117. The normalized spacial score (nSPS) is 10.6. The summed E-state index contributed by atoms with van der Waals surface area (Å²) in [6.07, 6.45) is 4.08. The summed E-state index contributed by atoms with van der Waals surface area (Å²) in [5, 5.41) is 0. The van der Waals surface area contributed by atoms with E-state index < -0.39 is 21.8 Å². The molecule has 0 aliphatic rings. The van der Waals surface area contributed by atoms with Crippen molar-refractivity contribution in [2.24, 2.45) is 0 Å². The SMILES string of the molecule is CCCCC.F[B-](F)(F)F.F[B-](F)(F)F.F[B-](F)(F)F.[K+]. The van der Waals surface area contributed by atoms with Gasteiger partial charge in [-0.15, -0.1) is 0 Å². The number of hydrogen-bond acceptors (Lipinski definition) is 0. The Morgan fingerprint density at radius 3 is 0.571 bits per heavy atom. The quantitative estimate of drug-likeness (QED) is 0.517. The molecular formula is C5H12B3F12K-2. The van der Waals surface area contributed by atoms with Gasteiger partial charge in [0.15, 0.2) is 0 Å². The molecule has 0 N–H and O–H groups in total. The second-order valence-corrected chi connectivity index (χ2v) is 2.84. The minimum Gasteiger partial charge on any atom is -0.418 e. The van der Waals surface area contributed by atoms with Crippen molar-refractivity contribution in [1.82, 2.24) is 0 Å². The molecule has 0 spiro atoms. The molecule has 0 nitrogen and oxygen atoms in total. The van der Waals surface area contributed by atoms with Crippen LogP contribution in [0.5, 0.6) is 0 Å². The van der Waals surface area contributed by atoms with Gasteiger partial charge >= 0.3 is 73.1 Å². The van der Waals surface area contributed by atoms with Crippen LogP contribution in [-0.4, -0.2) is 21.8 Å². The summed E-state index contributed by atoms with van der Waals surface area (Å²) in [4.78, 5) is 0. The summed E-state index contributed by atoms with van der Waals surface area (Å²) in [6.45, 7) is 4.42. The van der Waals surface area contributed by atoms with E-state index in [1.54, 1.807) is 0 Å². The summed E-state index contributed by atoms with van der Waals surface area (Å²) >= 11 is 0. The minimum atomic E-state index is -6.00. The molecular weight excluding hydrogens is 360 g/mol. The Hall–Kier alpha value is 0.991. The van der Waals surface area contributed by atoms with Gasteiger partial charge in [0.2, 0.25) is 0 Å². The molecule has 0 aromatic rings. The van der Waals surface area contributed by atoms with Crippen molar-refractivity contribution in [2.75, 3.05) is 0 Å².